The van der Waals surface area contributed by atoms with Gasteiger partial charge in [-0.1, -0.05) is 184 Å². The summed E-state index contributed by atoms with van der Waals surface area (Å²) >= 11 is 0. The summed E-state index contributed by atoms with van der Waals surface area (Å²) in [6.07, 6.45) is 0. The molecule has 0 saturated heterocycles. The monoisotopic (exact) mass is 894 g/mol. The lowest BCUT2D eigenvalue weighted by atomic mass is 9.81. The highest BCUT2D eigenvalue weighted by molar-refractivity contribution is 6.13. The second-order valence-electron chi connectivity index (χ2n) is 19.2. The third kappa shape index (κ3) is 6.15. The van der Waals surface area contributed by atoms with Crippen LogP contribution in [0.15, 0.2) is 247 Å². The van der Waals surface area contributed by atoms with E-state index in [0.717, 1.165) is 55.8 Å². The molecule has 0 aliphatic heterocycles. The molecule has 0 amide bonds. The van der Waals surface area contributed by atoms with Gasteiger partial charge in [0.05, 0.1) is 16.7 Å². The predicted molar refractivity (Wildman–Crippen MR) is 294 cm³/mol. The van der Waals surface area contributed by atoms with E-state index in [1.54, 1.807) is 0 Å². The molecule has 3 heteroatoms. The van der Waals surface area contributed by atoms with E-state index in [2.05, 4.69) is 260 Å². The van der Waals surface area contributed by atoms with Crippen LogP contribution in [0, 0.1) is 0 Å². The summed E-state index contributed by atoms with van der Waals surface area (Å²) < 4.78 is 8.91. The fourth-order valence-corrected chi connectivity index (χ4v) is 11.6. The summed E-state index contributed by atoms with van der Waals surface area (Å²) in [4.78, 5) is 2.46. The van der Waals surface area contributed by atoms with Crippen molar-refractivity contribution in [2.75, 3.05) is 4.90 Å². The minimum atomic E-state index is -0.222. The highest BCUT2D eigenvalue weighted by atomic mass is 16.3. The molecule has 70 heavy (non-hydrogen) atoms. The SMILES string of the molecule is CC1(C)c2cc(-c3ccccc3)ccc2-c2ccc(N(c3ccc(-c4cccc5c4oc4ccccc45)cc3)c3ccc(-c4ccc5c(c4)c4ccccc4n5-c4ccccc4)c4ccccc34)cc21. The van der Waals surface area contributed by atoms with Crippen molar-refractivity contribution in [2.45, 2.75) is 19.3 Å². The molecule has 0 fully saturated rings. The van der Waals surface area contributed by atoms with Crippen molar-refractivity contribution in [1.82, 2.24) is 4.57 Å². The number of anilines is 3. The topological polar surface area (TPSA) is 21.3 Å². The second-order valence-corrected chi connectivity index (χ2v) is 19.2. The predicted octanol–water partition coefficient (Wildman–Crippen LogP) is 18.6. The van der Waals surface area contributed by atoms with Gasteiger partial charge in [0.15, 0.2) is 0 Å². The maximum atomic E-state index is 6.53. The fourth-order valence-electron chi connectivity index (χ4n) is 11.6. The van der Waals surface area contributed by atoms with Gasteiger partial charge >= 0.3 is 0 Å². The van der Waals surface area contributed by atoms with Crippen molar-refractivity contribution in [3.8, 4) is 50.2 Å². The summed E-state index contributed by atoms with van der Waals surface area (Å²) in [5, 5.41) is 7.12. The largest absolute Gasteiger partial charge is 0.455 e. The third-order valence-corrected chi connectivity index (χ3v) is 15.0. The summed E-state index contributed by atoms with van der Waals surface area (Å²) in [5.74, 6) is 0. The molecule has 0 N–H and O–H groups in total. The van der Waals surface area contributed by atoms with Gasteiger partial charge in [0.1, 0.15) is 11.2 Å². The molecule has 0 unspecified atom stereocenters. The summed E-state index contributed by atoms with van der Waals surface area (Å²) in [7, 11) is 0. The number of aromatic nitrogens is 1. The first kappa shape index (κ1) is 40.2. The lowest BCUT2D eigenvalue weighted by molar-refractivity contribution is 0.660. The Hall–Kier alpha value is -8.92. The van der Waals surface area contributed by atoms with Gasteiger partial charge in [0, 0.05) is 55.0 Å². The van der Waals surface area contributed by atoms with Gasteiger partial charge in [0.2, 0.25) is 0 Å². The van der Waals surface area contributed by atoms with Crippen LogP contribution in [0.4, 0.5) is 17.1 Å². The van der Waals surface area contributed by atoms with Crippen molar-refractivity contribution >= 4 is 71.6 Å². The number of furan rings is 1. The number of hydrogen-bond donors (Lipinski definition) is 0. The van der Waals surface area contributed by atoms with Gasteiger partial charge < -0.3 is 13.9 Å². The standard InChI is InChI=1S/C67H46N2O/c1-67(2)60-41-45(43-16-5-3-6-17-43)30-35-53(60)54-36-34-49(42-61(54)67)68(48-32-28-44(29-33-48)51-24-15-25-58-57-23-12-14-27-65(57)70-66(51)58)63-39-37-50(52-20-9-10-21-55(52)63)46-31-38-64-59(40-46)56-22-11-13-26-62(56)69(64)47-18-7-4-8-19-47/h3-42H,1-2H3. The van der Waals surface area contributed by atoms with Gasteiger partial charge in [-0.3, -0.25) is 0 Å². The van der Waals surface area contributed by atoms with Crippen LogP contribution in [-0.2, 0) is 5.41 Å². The van der Waals surface area contributed by atoms with Crippen molar-refractivity contribution in [2.24, 2.45) is 0 Å². The third-order valence-electron chi connectivity index (χ3n) is 15.0. The first-order valence-electron chi connectivity index (χ1n) is 24.2. The minimum Gasteiger partial charge on any atom is -0.455 e. The number of nitrogens with zero attached hydrogens (tertiary/aromatic N) is 2. The quantitative estimate of drug-likeness (QED) is 0.159. The lowest BCUT2D eigenvalue weighted by Gasteiger charge is -2.29. The van der Waals surface area contributed by atoms with Crippen molar-refractivity contribution in [1.29, 1.82) is 0 Å². The summed E-state index contributed by atoms with van der Waals surface area (Å²) in [5.41, 5.74) is 20.8. The van der Waals surface area contributed by atoms with Crippen molar-refractivity contribution in [3.05, 3.63) is 254 Å². The van der Waals surface area contributed by atoms with Gasteiger partial charge in [-0.05, 0) is 128 Å². The Kier molecular flexibility index (Phi) is 8.93. The molecule has 2 aromatic heterocycles. The lowest BCUT2D eigenvalue weighted by Crippen LogP contribution is -2.17. The van der Waals surface area contributed by atoms with E-state index in [-0.39, 0.29) is 5.41 Å². The number of benzene rings is 11. The van der Waals surface area contributed by atoms with Crippen LogP contribution in [0.1, 0.15) is 25.0 Å². The number of para-hydroxylation sites is 4. The number of fused-ring (bicyclic) bond motifs is 10. The molecule has 0 radical (unpaired) electrons. The molecule has 2 heterocycles. The van der Waals surface area contributed by atoms with E-state index >= 15 is 0 Å². The Labute approximate surface area is 406 Å². The minimum absolute atomic E-state index is 0.222. The molecule has 0 spiro atoms. The fraction of sp³-hybridized carbons (Fsp3) is 0.0448. The van der Waals surface area contributed by atoms with E-state index in [0.29, 0.717) is 0 Å². The molecule has 0 atom stereocenters. The van der Waals surface area contributed by atoms with Gasteiger partial charge in [-0.25, -0.2) is 0 Å². The first-order chi connectivity index (χ1) is 34.5. The summed E-state index contributed by atoms with van der Waals surface area (Å²) in [6, 6.07) is 88.7. The highest BCUT2D eigenvalue weighted by Gasteiger charge is 2.36. The molecule has 0 bridgehead atoms. The van der Waals surface area contributed by atoms with E-state index < -0.39 is 0 Å². The van der Waals surface area contributed by atoms with Crippen LogP contribution >= 0.6 is 0 Å². The van der Waals surface area contributed by atoms with Crippen LogP contribution in [0.3, 0.4) is 0 Å². The maximum absolute atomic E-state index is 6.53. The summed E-state index contributed by atoms with van der Waals surface area (Å²) in [6.45, 7) is 4.76. The normalized spacial score (nSPS) is 12.8. The Bertz CT molecular complexity index is 4200. The van der Waals surface area contributed by atoms with Crippen LogP contribution < -0.4 is 4.90 Å². The first-order valence-corrected chi connectivity index (χ1v) is 24.2. The second kappa shape index (κ2) is 15.6. The molecule has 3 nitrogen and oxygen atoms in total. The molecule has 13 aromatic rings. The van der Waals surface area contributed by atoms with Crippen molar-refractivity contribution < 1.29 is 4.42 Å². The van der Waals surface area contributed by atoms with E-state index in [1.165, 1.54) is 77.1 Å². The zero-order valence-corrected chi connectivity index (χ0v) is 38.9. The molecule has 1 aliphatic rings. The zero-order chi connectivity index (χ0) is 46.5. The smallest absolute Gasteiger partial charge is 0.143 e. The molecule has 11 aromatic carbocycles. The van der Waals surface area contributed by atoms with E-state index in [1.807, 2.05) is 6.07 Å². The Balaban J connectivity index is 0.931. The molecular weight excluding hydrogens is 849 g/mol. The van der Waals surface area contributed by atoms with Gasteiger partial charge in [-0.15, -0.1) is 0 Å². The highest BCUT2D eigenvalue weighted by Crippen LogP contribution is 2.52. The van der Waals surface area contributed by atoms with Crippen molar-refractivity contribution in [3.63, 3.8) is 0 Å². The van der Waals surface area contributed by atoms with Gasteiger partial charge in [0.25, 0.3) is 0 Å². The number of hydrogen-bond acceptors (Lipinski definition) is 2. The Morgan fingerprint density at radius 1 is 0.357 bits per heavy atom. The molecule has 330 valence electrons. The van der Waals surface area contributed by atoms with Crippen LogP contribution in [-0.4, -0.2) is 4.57 Å². The average Bonchev–Trinajstić information content (AvgIpc) is 4.04. The average molecular weight is 895 g/mol. The molecule has 14 rings (SSSR count). The van der Waals surface area contributed by atoms with Gasteiger partial charge in [-0.2, -0.15) is 0 Å². The maximum Gasteiger partial charge on any atom is 0.143 e. The van der Waals surface area contributed by atoms with Crippen LogP contribution in [0.25, 0.3) is 105 Å². The van der Waals surface area contributed by atoms with E-state index in [9.17, 15) is 0 Å². The zero-order valence-electron chi connectivity index (χ0n) is 38.9. The van der Waals surface area contributed by atoms with E-state index in [4.69, 9.17) is 4.42 Å². The molecule has 1 aliphatic carbocycles. The number of rotatable bonds is 7. The Morgan fingerprint density at radius 3 is 1.77 bits per heavy atom. The molecular formula is C67H46N2O. The molecule has 0 saturated carbocycles. The van der Waals surface area contributed by atoms with Crippen LogP contribution in [0.2, 0.25) is 0 Å². The Morgan fingerprint density at radius 2 is 0.957 bits per heavy atom. The van der Waals surface area contributed by atoms with Crippen LogP contribution in [0.5, 0.6) is 0 Å².